The van der Waals surface area contributed by atoms with Gasteiger partial charge in [0.05, 0.1) is 0 Å². The van der Waals surface area contributed by atoms with Gasteiger partial charge in [0.25, 0.3) is 0 Å². The predicted octanol–water partition coefficient (Wildman–Crippen LogP) is 1.98. The van der Waals surface area contributed by atoms with E-state index < -0.39 is 0 Å². The number of imidazole rings is 1. The summed E-state index contributed by atoms with van der Waals surface area (Å²) in [6, 6.07) is -0.0981. The fraction of sp³-hybridized carbons (Fsp3) is 0.500. The van der Waals surface area contributed by atoms with Crippen molar-refractivity contribution < 1.29 is 4.79 Å². The van der Waals surface area contributed by atoms with Crippen molar-refractivity contribution in [2.75, 3.05) is 18.4 Å². The lowest BCUT2D eigenvalue weighted by molar-refractivity contribution is 0.193. The summed E-state index contributed by atoms with van der Waals surface area (Å²) in [6.07, 6.45) is 5.46. The Morgan fingerprint density at radius 1 is 1.45 bits per heavy atom. The first kappa shape index (κ1) is 13.0. The maximum Gasteiger partial charge on any atom is 0.323 e. The van der Waals surface area contributed by atoms with Crippen LogP contribution in [0.2, 0.25) is 0 Å². The molecular weight excluding hydrogens is 276 g/mol. The molecule has 0 saturated carbocycles. The first-order valence-corrected chi connectivity index (χ1v) is 7.39. The van der Waals surface area contributed by atoms with E-state index in [9.17, 15) is 4.79 Å². The smallest absolute Gasteiger partial charge is 0.323 e. The van der Waals surface area contributed by atoms with Gasteiger partial charge >= 0.3 is 6.03 Å². The highest BCUT2D eigenvalue weighted by Crippen LogP contribution is 2.25. The van der Waals surface area contributed by atoms with Crippen LogP contribution >= 0.6 is 11.3 Å². The van der Waals surface area contributed by atoms with Gasteiger partial charge < -0.3 is 9.88 Å². The zero-order valence-corrected chi connectivity index (χ0v) is 12.0. The van der Waals surface area contributed by atoms with Crippen molar-refractivity contribution in [1.82, 2.24) is 25.1 Å². The van der Waals surface area contributed by atoms with Gasteiger partial charge in [-0.2, -0.15) is 0 Å². The Morgan fingerprint density at radius 3 is 2.85 bits per heavy atom. The zero-order chi connectivity index (χ0) is 13.9. The summed E-state index contributed by atoms with van der Waals surface area (Å²) in [4.78, 5) is 21.4. The summed E-state index contributed by atoms with van der Waals surface area (Å²) in [6.45, 7) is 3.33. The minimum absolute atomic E-state index is 0.0981. The van der Waals surface area contributed by atoms with E-state index in [0.29, 0.717) is 11.0 Å². The Bertz CT molecular complexity index is 573. The number of likely N-dealkylation sites (tertiary alicyclic amines) is 1. The van der Waals surface area contributed by atoms with Crippen LogP contribution in [0, 0.1) is 6.92 Å². The highest BCUT2D eigenvalue weighted by atomic mass is 32.1. The maximum atomic E-state index is 12.1. The number of H-pyrrole nitrogens is 1. The summed E-state index contributed by atoms with van der Waals surface area (Å²) in [7, 11) is 0. The van der Waals surface area contributed by atoms with Crippen LogP contribution < -0.4 is 5.32 Å². The van der Waals surface area contributed by atoms with E-state index in [2.05, 4.69) is 25.5 Å². The Hall–Kier alpha value is -1.96. The number of nitrogens with zero attached hydrogens (tertiary/aromatic N) is 4. The van der Waals surface area contributed by atoms with Gasteiger partial charge in [0.2, 0.25) is 5.13 Å². The number of piperidine rings is 1. The van der Waals surface area contributed by atoms with Gasteiger partial charge in [-0.3, -0.25) is 5.32 Å². The first-order chi connectivity index (χ1) is 9.72. The highest BCUT2D eigenvalue weighted by Gasteiger charge is 2.25. The molecule has 2 aromatic heterocycles. The molecule has 0 bridgehead atoms. The number of anilines is 1. The summed E-state index contributed by atoms with van der Waals surface area (Å²) in [5, 5.41) is 12.0. The molecule has 2 aromatic rings. The van der Waals surface area contributed by atoms with Gasteiger partial charge in [-0.25, -0.2) is 9.78 Å². The number of carbonyl (C=O) groups is 1. The van der Waals surface area contributed by atoms with Crippen LogP contribution in [0.25, 0.3) is 0 Å². The lowest BCUT2D eigenvalue weighted by atomic mass is 9.96. The van der Waals surface area contributed by atoms with E-state index >= 15 is 0 Å². The van der Waals surface area contributed by atoms with Crippen molar-refractivity contribution in [2.45, 2.75) is 25.7 Å². The first-order valence-electron chi connectivity index (χ1n) is 6.57. The number of amides is 2. The Kier molecular flexibility index (Phi) is 3.64. The summed E-state index contributed by atoms with van der Waals surface area (Å²) in [5.41, 5.74) is 0. The molecule has 1 aliphatic rings. The third kappa shape index (κ3) is 2.79. The second-order valence-electron chi connectivity index (χ2n) is 4.79. The highest BCUT2D eigenvalue weighted by molar-refractivity contribution is 7.15. The topological polar surface area (TPSA) is 86.8 Å². The minimum atomic E-state index is -0.0981. The van der Waals surface area contributed by atoms with Crippen LogP contribution in [0.5, 0.6) is 0 Å². The molecule has 2 N–H and O–H groups in total. The van der Waals surface area contributed by atoms with Crippen molar-refractivity contribution in [3.8, 4) is 0 Å². The number of nitrogens with one attached hydrogen (secondary N) is 2. The summed E-state index contributed by atoms with van der Waals surface area (Å²) in [5.74, 6) is 1.43. The van der Waals surface area contributed by atoms with Gasteiger partial charge in [0.15, 0.2) is 0 Å². The normalized spacial score (nSPS) is 16.4. The predicted molar refractivity (Wildman–Crippen MR) is 75.8 cm³/mol. The molecule has 3 rings (SSSR count). The number of hydrogen-bond acceptors (Lipinski definition) is 5. The largest absolute Gasteiger partial charge is 0.348 e. The molecule has 0 spiro atoms. The van der Waals surface area contributed by atoms with E-state index in [-0.39, 0.29) is 6.03 Å². The van der Waals surface area contributed by atoms with Crippen molar-refractivity contribution in [3.63, 3.8) is 0 Å². The molecule has 2 amide bonds. The van der Waals surface area contributed by atoms with Crippen molar-refractivity contribution in [1.29, 1.82) is 0 Å². The number of rotatable bonds is 2. The van der Waals surface area contributed by atoms with E-state index in [4.69, 9.17) is 0 Å². The molecule has 0 aromatic carbocycles. The summed E-state index contributed by atoms with van der Waals surface area (Å²) < 4.78 is 0. The van der Waals surface area contributed by atoms with E-state index in [1.165, 1.54) is 11.3 Å². The fourth-order valence-corrected chi connectivity index (χ4v) is 2.96. The molecular formula is C12H16N6OS. The van der Waals surface area contributed by atoms with E-state index in [1.807, 2.05) is 18.0 Å². The number of carbonyl (C=O) groups excluding carboxylic acids is 1. The van der Waals surface area contributed by atoms with Gasteiger partial charge in [-0.15, -0.1) is 10.2 Å². The number of aromatic nitrogens is 4. The van der Waals surface area contributed by atoms with Crippen molar-refractivity contribution >= 4 is 22.5 Å². The molecule has 1 saturated heterocycles. The second kappa shape index (κ2) is 5.58. The van der Waals surface area contributed by atoms with Gasteiger partial charge in [-0.1, -0.05) is 11.3 Å². The van der Waals surface area contributed by atoms with Crippen molar-refractivity contribution in [3.05, 3.63) is 23.2 Å². The van der Waals surface area contributed by atoms with Gasteiger partial charge in [0.1, 0.15) is 10.8 Å². The molecule has 0 atom stereocenters. The van der Waals surface area contributed by atoms with Gasteiger partial charge in [-0.05, 0) is 19.8 Å². The molecule has 106 valence electrons. The van der Waals surface area contributed by atoms with Crippen LogP contribution in [0.3, 0.4) is 0 Å². The monoisotopic (exact) mass is 292 g/mol. The SMILES string of the molecule is Cc1nnc(NC(=O)N2CCC(c3ncc[nH]3)CC2)s1. The van der Waals surface area contributed by atoms with Crippen molar-refractivity contribution in [2.24, 2.45) is 0 Å². The third-order valence-corrected chi connectivity index (χ3v) is 4.18. The molecule has 7 nitrogen and oxygen atoms in total. The van der Waals surface area contributed by atoms with Crippen LogP contribution in [0.15, 0.2) is 12.4 Å². The Morgan fingerprint density at radius 2 is 2.25 bits per heavy atom. The molecule has 3 heterocycles. The molecule has 0 unspecified atom stereocenters. The number of urea groups is 1. The lowest BCUT2D eigenvalue weighted by Crippen LogP contribution is -2.40. The number of aromatic amines is 1. The van der Waals surface area contributed by atoms with Crippen LogP contribution in [-0.4, -0.2) is 44.2 Å². The summed E-state index contributed by atoms with van der Waals surface area (Å²) >= 11 is 1.38. The molecule has 20 heavy (non-hydrogen) atoms. The quantitative estimate of drug-likeness (QED) is 0.886. The minimum Gasteiger partial charge on any atom is -0.348 e. The van der Waals surface area contributed by atoms with E-state index in [0.717, 1.165) is 36.8 Å². The second-order valence-corrected chi connectivity index (χ2v) is 5.97. The number of hydrogen-bond donors (Lipinski definition) is 2. The standard InChI is InChI=1S/C12H16N6OS/c1-8-16-17-11(20-8)15-12(19)18-6-2-9(3-7-18)10-13-4-5-14-10/h4-5,9H,2-3,6-7H2,1H3,(H,13,14)(H,15,17,19). The maximum absolute atomic E-state index is 12.1. The molecule has 1 aliphatic heterocycles. The van der Waals surface area contributed by atoms with Crippen LogP contribution in [0.1, 0.15) is 29.6 Å². The van der Waals surface area contributed by atoms with Crippen LogP contribution in [0.4, 0.5) is 9.93 Å². The zero-order valence-electron chi connectivity index (χ0n) is 11.2. The Labute approximate surface area is 120 Å². The third-order valence-electron chi connectivity index (χ3n) is 3.43. The average Bonchev–Trinajstić information content (AvgIpc) is 3.11. The van der Waals surface area contributed by atoms with Gasteiger partial charge in [0, 0.05) is 31.4 Å². The molecule has 0 aliphatic carbocycles. The molecule has 0 radical (unpaired) electrons. The molecule has 1 fully saturated rings. The molecule has 8 heteroatoms. The van der Waals surface area contributed by atoms with Crippen LogP contribution in [-0.2, 0) is 0 Å². The van der Waals surface area contributed by atoms with E-state index in [1.54, 1.807) is 6.20 Å². The number of aryl methyl sites for hydroxylation is 1. The lowest BCUT2D eigenvalue weighted by Gasteiger charge is -2.30. The average molecular weight is 292 g/mol. The Balaban J connectivity index is 1.54. The fourth-order valence-electron chi connectivity index (χ4n) is 2.37.